The molecular formula is C23H23NO4S. The summed E-state index contributed by atoms with van der Waals surface area (Å²) in [4.78, 5) is 14.6. The quantitative estimate of drug-likeness (QED) is 0.655. The molecule has 0 saturated carbocycles. The zero-order valence-corrected chi connectivity index (χ0v) is 17.2. The van der Waals surface area contributed by atoms with Gasteiger partial charge in [-0.05, 0) is 41.1 Å². The van der Waals surface area contributed by atoms with Crippen LogP contribution in [0.4, 0.5) is 0 Å². The lowest BCUT2D eigenvalue weighted by Gasteiger charge is -2.26. The highest BCUT2D eigenvalue weighted by atomic mass is 32.2. The van der Waals surface area contributed by atoms with Gasteiger partial charge in [0.1, 0.15) is 11.1 Å². The van der Waals surface area contributed by atoms with E-state index in [1.807, 2.05) is 41.3 Å². The Morgan fingerprint density at radius 3 is 2.55 bits per heavy atom. The Balaban J connectivity index is 1.62. The highest BCUT2D eigenvalue weighted by Crippen LogP contribution is 2.43. The first-order valence-corrected chi connectivity index (χ1v) is 10.5. The van der Waals surface area contributed by atoms with Crippen molar-refractivity contribution in [1.29, 1.82) is 0 Å². The summed E-state index contributed by atoms with van der Waals surface area (Å²) in [6.07, 6.45) is 0.688. The summed E-state index contributed by atoms with van der Waals surface area (Å²) in [7, 11) is 3.21. The molecule has 1 amide bonds. The van der Waals surface area contributed by atoms with Crippen molar-refractivity contribution in [3.8, 4) is 17.2 Å². The predicted molar refractivity (Wildman–Crippen MR) is 116 cm³/mol. The van der Waals surface area contributed by atoms with Crippen molar-refractivity contribution < 1.29 is 19.4 Å². The Morgan fingerprint density at radius 2 is 1.79 bits per heavy atom. The molecule has 1 fully saturated rings. The molecule has 150 valence electrons. The topological polar surface area (TPSA) is 59.0 Å². The van der Waals surface area contributed by atoms with Crippen LogP contribution in [0.1, 0.15) is 16.5 Å². The largest absolute Gasteiger partial charge is 0.504 e. The normalized spacial score (nSPS) is 16.4. The summed E-state index contributed by atoms with van der Waals surface area (Å²) in [5.41, 5.74) is 2.14. The fraction of sp³-hybridized carbons (Fsp3) is 0.261. The first-order valence-electron chi connectivity index (χ1n) is 9.45. The third-order valence-electron chi connectivity index (χ3n) is 5.26. The van der Waals surface area contributed by atoms with E-state index in [1.54, 1.807) is 24.9 Å². The van der Waals surface area contributed by atoms with Gasteiger partial charge in [0.15, 0.2) is 11.5 Å². The number of benzene rings is 3. The van der Waals surface area contributed by atoms with Gasteiger partial charge in [-0.15, -0.1) is 11.8 Å². The third-order valence-corrected chi connectivity index (χ3v) is 6.50. The maximum Gasteiger partial charge on any atom is 0.233 e. The highest BCUT2D eigenvalue weighted by Gasteiger charge is 2.33. The van der Waals surface area contributed by atoms with E-state index in [0.29, 0.717) is 24.5 Å². The van der Waals surface area contributed by atoms with Crippen molar-refractivity contribution in [2.45, 2.75) is 11.8 Å². The lowest BCUT2D eigenvalue weighted by molar-refractivity contribution is -0.128. The van der Waals surface area contributed by atoms with Gasteiger partial charge in [0.05, 0.1) is 20.0 Å². The van der Waals surface area contributed by atoms with Gasteiger partial charge in [-0.1, -0.05) is 36.4 Å². The van der Waals surface area contributed by atoms with Crippen LogP contribution >= 0.6 is 11.8 Å². The van der Waals surface area contributed by atoms with Crippen molar-refractivity contribution in [2.24, 2.45) is 0 Å². The van der Waals surface area contributed by atoms with E-state index in [0.717, 1.165) is 27.6 Å². The van der Waals surface area contributed by atoms with Crippen LogP contribution in [0.3, 0.4) is 0 Å². The predicted octanol–water partition coefficient (Wildman–Crippen LogP) is 4.38. The van der Waals surface area contributed by atoms with Gasteiger partial charge in [-0.25, -0.2) is 0 Å². The molecule has 1 atom stereocenters. The molecule has 29 heavy (non-hydrogen) atoms. The monoisotopic (exact) mass is 409 g/mol. The van der Waals surface area contributed by atoms with Crippen LogP contribution in [0.15, 0.2) is 54.6 Å². The summed E-state index contributed by atoms with van der Waals surface area (Å²) in [5.74, 6) is 2.02. The number of aromatic hydroxyl groups is 1. The van der Waals surface area contributed by atoms with Crippen molar-refractivity contribution >= 4 is 28.4 Å². The summed E-state index contributed by atoms with van der Waals surface area (Å²) < 4.78 is 10.7. The maximum atomic E-state index is 12.6. The molecule has 0 aliphatic carbocycles. The number of phenolic OH excluding ortho intramolecular Hbond substituents is 1. The average Bonchev–Trinajstić information content (AvgIpc) is 3.12. The molecule has 1 heterocycles. The molecule has 1 aliphatic heterocycles. The number of phenols is 1. The van der Waals surface area contributed by atoms with Crippen molar-refractivity contribution in [3.63, 3.8) is 0 Å². The summed E-state index contributed by atoms with van der Waals surface area (Å²) in [5, 5.41) is 11.9. The van der Waals surface area contributed by atoms with Crippen LogP contribution in [-0.2, 0) is 11.2 Å². The number of thioether (sulfide) groups is 1. The fourth-order valence-electron chi connectivity index (χ4n) is 3.77. The van der Waals surface area contributed by atoms with Gasteiger partial charge in [0, 0.05) is 11.9 Å². The average molecular weight is 410 g/mol. The fourth-order valence-corrected chi connectivity index (χ4v) is 5.02. The standard InChI is InChI=1S/C23H23NO4S/c1-27-20-10-8-18(16-5-3-4-6-17(16)20)23-24(22(26)14-29-23)12-11-15-7-9-19(25)21(13-15)28-2/h3-10,13,23,25H,11-12,14H2,1-2H3. The number of methoxy groups -OCH3 is 2. The van der Waals surface area contributed by atoms with E-state index in [-0.39, 0.29) is 17.0 Å². The summed E-state index contributed by atoms with van der Waals surface area (Å²) in [6.45, 7) is 0.602. The first-order chi connectivity index (χ1) is 14.1. The van der Waals surface area contributed by atoms with E-state index in [9.17, 15) is 9.90 Å². The molecule has 1 aliphatic rings. The van der Waals surface area contributed by atoms with E-state index in [1.165, 1.54) is 7.11 Å². The van der Waals surface area contributed by atoms with E-state index < -0.39 is 0 Å². The third kappa shape index (κ3) is 3.72. The number of carbonyl (C=O) groups is 1. The van der Waals surface area contributed by atoms with Crippen LogP contribution in [0.25, 0.3) is 10.8 Å². The van der Waals surface area contributed by atoms with E-state index in [2.05, 4.69) is 12.1 Å². The van der Waals surface area contributed by atoms with E-state index in [4.69, 9.17) is 9.47 Å². The Morgan fingerprint density at radius 1 is 1.03 bits per heavy atom. The molecule has 0 spiro atoms. The highest BCUT2D eigenvalue weighted by molar-refractivity contribution is 8.00. The lowest BCUT2D eigenvalue weighted by atomic mass is 10.0. The molecule has 3 aromatic carbocycles. The number of amides is 1. The van der Waals surface area contributed by atoms with Gasteiger partial charge in [0.25, 0.3) is 0 Å². The Kier molecular flexibility index (Phi) is 5.53. The molecule has 0 aromatic heterocycles. The second-order valence-electron chi connectivity index (χ2n) is 6.91. The number of carbonyl (C=O) groups excluding carboxylic acids is 1. The second-order valence-corrected chi connectivity index (χ2v) is 7.98. The minimum Gasteiger partial charge on any atom is -0.504 e. The number of nitrogens with zero attached hydrogens (tertiary/aromatic N) is 1. The van der Waals surface area contributed by atoms with E-state index >= 15 is 0 Å². The van der Waals surface area contributed by atoms with Crippen LogP contribution in [0, 0.1) is 0 Å². The molecule has 1 unspecified atom stereocenters. The Labute approximate surface area is 174 Å². The van der Waals surface area contributed by atoms with Crippen LogP contribution in [-0.4, -0.2) is 42.4 Å². The Bertz CT molecular complexity index is 1050. The van der Waals surface area contributed by atoms with Crippen LogP contribution in [0.5, 0.6) is 17.2 Å². The molecule has 1 saturated heterocycles. The van der Waals surface area contributed by atoms with Crippen molar-refractivity contribution in [2.75, 3.05) is 26.5 Å². The second kappa shape index (κ2) is 8.25. The molecule has 0 bridgehead atoms. The minimum atomic E-state index is -0.0303. The molecule has 0 radical (unpaired) electrons. The molecule has 6 heteroatoms. The molecular weight excluding hydrogens is 386 g/mol. The molecule has 5 nitrogen and oxygen atoms in total. The van der Waals surface area contributed by atoms with Gasteiger partial charge >= 0.3 is 0 Å². The molecule has 4 rings (SSSR count). The molecule has 1 N–H and O–H groups in total. The number of hydrogen-bond acceptors (Lipinski definition) is 5. The van der Waals surface area contributed by atoms with Crippen molar-refractivity contribution in [1.82, 2.24) is 4.90 Å². The number of ether oxygens (including phenoxy) is 2. The van der Waals surface area contributed by atoms with Gasteiger partial charge in [-0.2, -0.15) is 0 Å². The minimum absolute atomic E-state index is 0.0303. The van der Waals surface area contributed by atoms with Gasteiger partial charge in [-0.3, -0.25) is 4.79 Å². The SMILES string of the molecule is COc1cc(CCN2C(=O)CSC2c2ccc(OC)c3ccccc23)ccc1O. The van der Waals surface area contributed by atoms with Crippen molar-refractivity contribution in [3.05, 3.63) is 65.7 Å². The summed E-state index contributed by atoms with van der Waals surface area (Å²) in [6, 6.07) is 17.5. The Hall–Kier alpha value is -2.86. The van der Waals surface area contributed by atoms with Gasteiger partial charge in [0.2, 0.25) is 5.91 Å². The molecule has 3 aromatic rings. The smallest absolute Gasteiger partial charge is 0.233 e. The zero-order chi connectivity index (χ0) is 20.4. The summed E-state index contributed by atoms with van der Waals surface area (Å²) >= 11 is 1.66. The first kappa shape index (κ1) is 19.5. The number of hydrogen-bond donors (Lipinski definition) is 1. The van der Waals surface area contributed by atoms with Crippen LogP contribution < -0.4 is 9.47 Å². The lowest BCUT2D eigenvalue weighted by Crippen LogP contribution is -2.30. The zero-order valence-electron chi connectivity index (χ0n) is 16.4. The number of rotatable bonds is 6. The number of fused-ring (bicyclic) bond motifs is 1. The van der Waals surface area contributed by atoms with Gasteiger partial charge < -0.3 is 19.5 Å². The maximum absolute atomic E-state index is 12.6. The van der Waals surface area contributed by atoms with Crippen LogP contribution in [0.2, 0.25) is 0 Å².